The van der Waals surface area contributed by atoms with Gasteiger partial charge in [0.2, 0.25) is 0 Å². The maximum atomic E-state index is 12.1. The van der Waals surface area contributed by atoms with Crippen molar-refractivity contribution in [3.05, 3.63) is 99.5 Å². The number of rotatable bonds is 16. The molecule has 0 aliphatic carbocycles. The van der Waals surface area contributed by atoms with E-state index in [9.17, 15) is 9.59 Å². The molecule has 0 fully saturated rings. The highest BCUT2D eigenvalue weighted by Crippen LogP contribution is 2.30. The van der Waals surface area contributed by atoms with Gasteiger partial charge in [0, 0.05) is 35.5 Å². The number of hydrogen-bond donors (Lipinski definition) is 0. The summed E-state index contributed by atoms with van der Waals surface area (Å²) in [5.41, 5.74) is 2.93. The van der Waals surface area contributed by atoms with Gasteiger partial charge >= 0.3 is 11.9 Å². The van der Waals surface area contributed by atoms with Crippen molar-refractivity contribution in [2.24, 2.45) is 0 Å². The lowest BCUT2D eigenvalue weighted by Crippen LogP contribution is -2.29. The van der Waals surface area contributed by atoms with Crippen LogP contribution in [-0.4, -0.2) is 56.3 Å². The number of esters is 2. The minimum atomic E-state index is -0.485. The number of carbonyl (C=O) groups excluding carboxylic acids is 2. The molecule has 0 bridgehead atoms. The van der Waals surface area contributed by atoms with Gasteiger partial charge < -0.3 is 19.1 Å². The first-order valence-electron chi connectivity index (χ1n) is 15.1. The van der Waals surface area contributed by atoms with Crippen molar-refractivity contribution in [1.29, 1.82) is 0 Å². The maximum absolute atomic E-state index is 12.1. The monoisotopic (exact) mass is 641 g/mol. The van der Waals surface area contributed by atoms with E-state index in [1.165, 1.54) is 18.2 Å². The Morgan fingerprint density at radius 2 is 1.34 bits per heavy atom. The van der Waals surface area contributed by atoms with Crippen molar-refractivity contribution >= 4 is 35.1 Å². The van der Waals surface area contributed by atoms with E-state index >= 15 is 0 Å². The third-order valence-electron chi connectivity index (χ3n) is 7.38. The predicted molar refractivity (Wildman–Crippen MR) is 178 cm³/mol. The molecule has 44 heavy (non-hydrogen) atoms. The van der Waals surface area contributed by atoms with Crippen LogP contribution in [-0.2, 0) is 19.1 Å². The molecule has 3 aromatic carbocycles. The van der Waals surface area contributed by atoms with Crippen LogP contribution in [0.15, 0.2) is 72.8 Å². The topological polar surface area (TPSA) is 65.1 Å². The number of benzene rings is 3. The summed E-state index contributed by atoms with van der Waals surface area (Å²) in [5.74, 6) is 0.486. The van der Waals surface area contributed by atoms with Crippen molar-refractivity contribution in [2.75, 3.05) is 33.9 Å². The Bertz CT molecular complexity index is 1260. The van der Waals surface area contributed by atoms with Crippen molar-refractivity contribution < 1.29 is 23.8 Å². The zero-order chi connectivity index (χ0) is 32.1. The number of unbranched alkanes of at least 4 members (excludes halogenated alkanes) is 1. The zero-order valence-electron chi connectivity index (χ0n) is 26.5. The number of methoxy groups -OCH3 is 1. The van der Waals surface area contributed by atoms with E-state index in [-0.39, 0.29) is 30.2 Å². The molecule has 0 N–H and O–H groups in total. The van der Waals surface area contributed by atoms with E-state index in [0.717, 1.165) is 37.2 Å². The molecule has 0 aliphatic rings. The number of ether oxygens (including phenoxy) is 3. The number of hydrogen-bond acceptors (Lipinski definition) is 6. The minimum Gasteiger partial charge on any atom is -0.492 e. The van der Waals surface area contributed by atoms with Crippen molar-refractivity contribution in [1.82, 2.24) is 4.90 Å². The second-order valence-electron chi connectivity index (χ2n) is 12.1. The minimum absolute atomic E-state index is 0.000983. The summed E-state index contributed by atoms with van der Waals surface area (Å²) in [5, 5.41) is 1.43. The third kappa shape index (κ3) is 12.5. The lowest BCUT2D eigenvalue weighted by Gasteiger charge is -2.25. The van der Waals surface area contributed by atoms with Crippen LogP contribution in [0.1, 0.15) is 81.4 Å². The summed E-state index contributed by atoms with van der Waals surface area (Å²) in [4.78, 5) is 26.4. The van der Waals surface area contributed by atoms with E-state index in [1.54, 1.807) is 0 Å². The molecule has 1 unspecified atom stereocenters. The van der Waals surface area contributed by atoms with Crippen molar-refractivity contribution in [2.45, 2.75) is 70.3 Å². The number of carbonyl (C=O) groups is 2. The molecule has 0 saturated carbocycles. The van der Waals surface area contributed by atoms with Gasteiger partial charge in [-0.3, -0.25) is 9.59 Å². The molecule has 0 spiro atoms. The Labute approximate surface area is 272 Å². The van der Waals surface area contributed by atoms with Crippen molar-refractivity contribution in [3.8, 4) is 5.75 Å². The molecule has 6 nitrogen and oxygen atoms in total. The summed E-state index contributed by atoms with van der Waals surface area (Å²) in [6.45, 7) is 7.66. The van der Waals surface area contributed by atoms with Crippen LogP contribution in [0.3, 0.4) is 0 Å². The Morgan fingerprint density at radius 1 is 0.795 bits per heavy atom. The molecular formula is C36H45Cl2NO5. The van der Waals surface area contributed by atoms with E-state index < -0.39 is 5.60 Å². The first kappa shape index (κ1) is 35.4. The lowest BCUT2D eigenvalue weighted by molar-refractivity contribution is -0.155. The van der Waals surface area contributed by atoms with E-state index in [0.29, 0.717) is 29.5 Å². The van der Waals surface area contributed by atoms with Gasteiger partial charge in [-0.2, -0.15) is 0 Å². The molecule has 3 aromatic rings. The van der Waals surface area contributed by atoms with Gasteiger partial charge in [-0.25, -0.2) is 0 Å². The van der Waals surface area contributed by atoms with Crippen LogP contribution in [0.5, 0.6) is 5.75 Å². The zero-order valence-corrected chi connectivity index (χ0v) is 28.0. The maximum Gasteiger partial charge on any atom is 0.306 e. The standard InChI is InChI=1S/C36H45Cl2NO5/c1-36(2,3)44-34(40)9-7-6-8-29(24-35(41)42-5)26-14-20-32(21-15-26)43-23-22-39(4)25-33(27-10-16-30(37)17-11-27)28-12-18-31(38)19-13-28/h10-21,29,33H,6-9,22-25H2,1-5H3. The molecular weight excluding hydrogens is 597 g/mol. The summed E-state index contributed by atoms with van der Waals surface area (Å²) < 4.78 is 16.4. The Balaban J connectivity index is 1.53. The Kier molecular flexibility index (Phi) is 14.0. The molecule has 0 aliphatic heterocycles. The number of halogens is 2. The van der Waals surface area contributed by atoms with E-state index in [4.69, 9.17) is 37.4 Å². The van der Waals surface area contributed by atoms with Gasteiger partial charge in [0.15, 0.2) is 0 Å². The van der Waals surface area contributed by atoms with E-state index in [1.807, 2.05) is 69.3 Å². The van der Waals surface area contributed by atoms with Gasteiger partial charge in [0.1, 0.15) is 18.0 Å². The second-order valence-corrected chi connectivity index (χ2v) is 13.0. The van der Waals surface area contributed by atoms with Crippen LogP contribution in [0, 0.1) is 0 Å². The van der Waals surface area contributed by atoms with Crippen LogP contribution < -0.4 is 4.74 Å². The average molecular weight is 643 g/mol. The fourth-order valence-electron chi connectivity index (χ4n) is 5.08. The molecule has 0 amide bonds. The molecule has 0 radical (unpaired) electrons. The quantitative estimate of drug-likeness (QED) is 0.115. The fraction of sp³-hybridized carbons (Fsp3) is 0.444. The smallest absolute Gasteiger partial charge is 0.306 e. The van der Waals surface area contributed by atoms with Crippen molar-refractivity contribution in [3.63, 3.8) is 0 Å². The normalized spacial score (nSPS) is 12.3. The third-order valence-corrected chi connectivity index (χ3v) is 7.88. The van der Waals surface area contributed by atoms with Gasteiger partial charge in [0.25, 0.3) is 0 Å². The number of nitrogens with zero attached hydrogens (tertiary/aromatic N) is 1. The molecule has 0 heterocycles. The van der Waals surface area contributed by atoms with Crippen LogP contribution in [0.2, 0.25) is 10.0 Å². The van der Waals surface area contributed by atoms with Crippen LogP contribution in [0.25, 0.3) is 0 Å². The van der Waals surface area contributed by atoms with Crippen LogP contribution in [0.4, 0.5) is 0 Å². The lowest BCUT2D eigenvalue weighted by atomic mass is 9.90. The summed E-state index contributed by atoms with van der Waals surface area (Å²) in [6.07, 6.45) is 2.93. The number of likely N-dealkylation sites (N-methyl/N-ethyl adjacent to an activating group) is 1. The largest absolute Gasteiger partial charge is 0.492 e. The second kappa shape index (κ2) is 17.4. The molecule has 8 heteroatoms. The van der Waals surface area contributed by atoms with Gasteiger partial charge in [0.05, 0.1) is 13.5 Å². The molecule has 3 rings (SSSR count). The van der Waals surface area contributed by atoms with Gasteiger partial charge in [-0.1, -0.05) is 66.0 Å². The first-order valence-corrected chi connectivity index (χ1v) is 15.9. The van der Waals surface area contributed by atoms with Crippen LogP contribution >= 0.6 is 23.2 Å². The van der Waals surface area contributed by atoms with Gasteiger partial charge in [-0.05, 0) is 99.7 Å². The Morgan fingerprint density at radius 3 is 1.86 bits per heavy atom. The predicted octanol–water partition coefficient (Wildman–Crippen LogP) is 8.68. The molecule has 1 atom stereocenters. The highest BCUT2D eigenvalue weighted by Gasteiger charge is 2.20. The highest BCUT2D eigenvalue weighted by atomic mass is 35.5. The SMILES string of the molecule is COC(=O)CC(CCCCC(=O)OC(C)(C)C)c1ccc(OCCN(C)CC(c2ccc(Cl)cc2)c2ccc(Cl)cc2)cc1. The summed E-state index contributed by atoms with van der Waals surface area (Å²) in [7, 11) is 3.49. The summed E-state index contributed by atoms with van der Waals surface area (Å²) in [6, 6.07) is 23.9. The molecule has 0 aromatic heterocycles. The molecule has 238 valence electrons. The summed E-state index contributed by atoms with van der Waals surface area (Å²) >= 11 is 12.3. The first-order chi connectivity index (χ1) is 20.9. The Hall–Kier alpha value is -3.06. The average Bonchev–Trinajstić information content (AvgIpc) is 2.98. The van der Waals surface area contributed by atoms with E-state index in [2.05, 4.69) is 36.2 Å². The highest BCUT2D eigenvalue weighted by molar-refractivity contribution is 6.30. The fourth-order valence-corrected chi connectivity index (χ4v) is 5.33. The van der Waals surface area contributed by atoms with Gasteiger partial charge in [-0.15, -0.1) is 0 Å². The molecule has 0 saturated heterocycles.